The van der Waals surface area contributed by atoms with Crippen molar-refractivity contribution in [2.75, 3.05) is 5.75 Å². The van der Waals surface area contributed by atoms with Crippen LogP contribution < -0.4 is 10.6 Å². The van der Waals surface area contributed by atoms with Gasteiger partial charge < -0.3 is 10.2 Å². The molecule has 4 nitrogen and oxygen atoms in total. The Morgan fingerprint density at radius 3 is 2.10 bits per heavy atom. The molecule has 0 bridgehead atoms. The van der Waals surface area contributed by atoms with Gasteiger partial charge in [-0.2, -0.15) is 0 Å². The summed E-state index contributed by atoms with van der Waals surface area (Å²) in [6.07, 6.45) is 8.25. The molecule has 2 unspecified atom stereocenters. The SMILES string of the molecule is OC1CCC(NC2NC(C3CCC(O)CC3)CS2)CC1. The largest absolute Gasteiger partial charge is 0.393 e. The van der Waals surface area contributed by atoms with Crippen LogP contribution in [0.1, 0.15) is 51.4 Å². The van der Waals surface area contributed by atoms with Crippen molar-refractivity contribution in [3.63, 3.8) is 0 Å². The lowest BCUT2D eigenvalue weighted by atomic mass is 9.83. The van der Waals surface area contributed by atoms with Gasteiger partial charge in [0, 0.05) is 17.8 Å². The molecule has 1 heterocycles. The second-order valence-electron chi connectivity index (χ2n) is 6.73. The van der Waals surface area contributed by atoms with Crippen LogP contribution in [-0.4, -0.2) is 45.8 Å². The van der Waals surface area contributed by atoms with Gasteiger partial charge in [0.2, 0.25) is 0 Å². The Bertz CT molecular complexity index is 302. The Morgan fingerprint density at radius 1 is 0.850 bits per heavy atom. The van der Waals surface area contributed by atoms with Gasteiger partial charge in [-0.15, -0.1) is 11.8 Å². The van der Waals surface area contributed by atoms with Gasteiger partial charge in [-0.05, 0) is 57.3 Å². The predicted molar refractivity (Wildman–Crippen MR) is 82.5 cm³/mol. The van der Waals surface area contributed by atoms with Crippen molar-refractivity contribution in [3.05, 3.63) is 0 Å². The van der Waals surface area contributed by atoms with E-state index < -0.39 is 0 Å². The first kappa shape index (κ1) is 15.1. The maximum absolute atomic E-state index is 9.60. The fraction of sp³-hybridized carbons (Fsp3) is 1.00. The number of nitrogens with one attached hydrogen (secondary N) is 2. The number of aliphatic hydroxyl groups is 2. The van der Waals surface area contributed by atoms with Crippen molar-refractivity contribution in [2.45, 2.75) is 81.2 Å². The van der Waals surface area contributed by atoms with E-state index in [1.807, 2.05) is 11.8 Å². The zero-order valence-electron chi connectivity index (χ0n) is 12.1. The Labute approximate surface area is 126 Å². The van der Waals surface area contributed by atoms with Gasteiger partial charge in [0.25, 0.3) is 0 Å². The first-order chi connectivity index (χ1) is 9.70. The zero-order chi connectivity index (χ0) is 13.9. The minimum Gasteiger partial charge on any atom is -0.393 e. The van der Waals surface area contributed by atoms with Gasteiger partial charge in [-0.1, -0.05) is 0 Å². The molecular formula is C15H28N2O2S. The third kappa shape index (κ3) is 3.89. The van der Waals surface area contributed by atoms with Crippen LogP contribution in [0.3, 0.4) is 0 Å². The highest BCUT2D eigenvalue weighted by Crippen LogP contribution is 2.32. The van der Waals surface area contributed by atoms with E-state index in [2.05, 4.69) is 10.6 Å². The summed E-state index contributed by atoms with van der Waals surface area (Å²) in [5.41, 5.74) is 0.382. The van der Waals surface area contributed by atoms with E-state index in [1.165, 1.54) is 18.6 Å². The molecule has 0 aromatic rings. The molecule has 3 fully saturated rings. The Kier molecular flexibility index (Phi) is 5.26. The molecular weight excluding hydrogens is 272 g/mol. The Hall–Kier alpha value is 0.190. The number of hydrogen-bond acceptors (Lipinski definition) is 5. The average molecular weight is 300 g/mol. The molecule has 3 rings (SSSR count). The molecule has 2 atom stereocenters. The highest BCUT2D eigenvalue weighted by molar-refractivity contribution is 8.00. The quantitative estimate of drug-likeness (QED) is 0.635. The van der Waals surface area contributed by atoms with E-state index in [4.69, 9.17) is 0 Å². The van der Waals surface area contributed by atoms with E-state index in [9.17, 15) is 10.2 Å². The number of rotatable bonds is 3. The lowest BCUT2D eigenvalue weighted by Gasteiger charge is -2.31. The molecule has 0 aromatic carbocycles. The molecule has 1 saturated heterocycles. The normalized spacial score (nSPS) is 46.5. The van der Waals surface area contributed by atoms with Crippen molar-refractivity contribution >= 4 is 11.8 Å². The molecule has 1 aliphatic heterocycles. The summed E-state index contributed by atoms with van der Waals surface area (Å²) in [6.45, 7) is 0. The average Bonchev–Trinajstić information content (AvgIpc) is 2.91. The summed E-state index contributed by atoms with van der Waals surface area (Å²) < 4.78 is 0. The van der Waals surface area contributed by atoms with E-state index in [0.717, 1.165) is 44.4 Å². The van der Waals surface area contributed by atoms with E-state index in [1.54, 1.807) is 0 Å². The number of aliphatic hydroxyl groups excluding tert-OH is 2. The number of hydrogen-bond donors (Lipinski definition) is 4. The van der Waals surface area contributed by atoms with Crippen LogP contribution >= 0.6 is 11.8 Å². The molecule has 116 valence electrons. The van der Waals surface area contributed by atoms with Crippen molar-refractivity contribution < 1.29 is 10.2 Å². The second-order valence-corrected chi connectivity index (χ2v) is 7.87. The fourth-order valence-corrected chi connectivity index (χ4v) is 5.15. The van der Waals surface area contributed by atoms with Gasteiger partial charge in [0.15, 0.2) is 0 Å². The highest BCUT2D eigenvalue weighted by Gasteiger charge is 2.34. The van der Waals surface area contributed by atoms with Crippen LogP contribution in [0.2, 0.25) is 0 Å². The van der Waals surface area contributed by atoms with Crippen molar-refractivity contribution in [1.82, 2.24) is 10.6 Å². The third-order valence-electron chi connectivity index (χ3n) is 5.20. The first-order valence-corrected chi connectivity index (χ1v) is 9.25. The van der Waals surface area contributed by atoms with E-state index in [0.29, 0.717) is 17.6 Å². The molecule has 0 radical (unpaired) electrons. The van der Waals surface area contributed by atoms with Gasteiger partial charge in [-0.3, -0.25) is 10.6 Å². The molecule has 2 saturated carbocycles. The van der Waals surface area contributed by atoms with Crippen LogP contribution in [-0.2, 0) is 0 Å². The summed E-state index contributed by atoms with van der Waals surface area (Å²) >= 11 is 1.99. The first-order valence-electron chi connectivity index (χ1n) is 8.20. The molecule has 2 aliphatic carbocycles. The van der Waals surface area contributed by atoms with Crippen LogP contribution in [0, 0.1) is 5.92 Å². The summed E-state index contributed by atoms with van der Waals surface area (Å²) in [5.74, 6) is 1.93. The number of thioether (sulfide) groups is 1. The molecule has 0 amide bonds. The molecule has 5 heteroatoms. The summed E-state index contributed by atoms with van der Waals surface area (Å²) in [5, 5.41) is 26.6. The lowest BCUT2D eigenvalue weighted by Crippen LogP contribution is -2.48. The van der Waals surface area contributed by atoms with Crippen LogP contribution in [0.4, 0.5) is 0 Å². The standard InChI is InChI=1S/C15H28N2O2S/c18-12-5-1-10(2-6-12)14-9-20-15(17-14)16-11-3-7-13(19)8-4-11/h10-19H,1-9H2. The molecule has 0 spiro atoms. The summed E-state index contributed by atoms with van der Waals surface area (Å²) in [7, 11) is 0. The van der Waals surface area contributed by atoms with E-state index in [-0.39, 0.29) is 12.2 Å². The minimum absolute atomic E-state index is 0.0529. The van der Waals surface area contributed by atoms with Crippen LogP contribution in [0.15, 0.2) is 0 Å². The van der Waals surface area contributed by atoms with Crippen LogP contribution in [0.25, 0.3) is 0 Å². The smallest absolute Gasteiger partial charge is 0.106 e. The molecule has 0 aromatic heterocycles. The summed E-state index contributed by atoms with van der Waals surface area (Å²) in [4.78, 5) is 0. The van der Waals surface area contributed by atoms with Gasteiger partial charge in [-0.25, -0.2) is 0 Å². The third-order valence-corrected chi connectivity index (χ3v) is 6.36. The lowest BCUT2D eigenvalue weighted by molar-refractivity contribution is 0.0985. The Morgan fingerprint density at radius 2 is 1.45 bits per heavy atom. The maximum Gasteiger partial charge on any atom is 0.106 e. The van der Waals surface area contributed by atoms with Crippen molar-refractivity contribution in [2.24, 2.45) is 5.92 Å². The predicted octanol–water partition coefficient (Wildman–Crippen LogP) is 1.42. The van der Waals surface area contributed by atoms with Crippen LogP contribution in [0.5, 0.6) is 0 Å². The van der Waals surface area contributed by atoms with Crippen molar-refractivity contribution in [3.8, 4) is 0 Å². The zero-order valence-corrected chi connectivity index (χ0v) is 12.9. The van der Waals surface area contributed by atoms with Crippen molar-refractivity contribution in [1.29, 1.82) is 0 Å². The summed E-state index contributed by atoms with van der Waals surface area (Å²) in [6, 6.07) is 1.18. The topological polar surface area (TPSA) is 64.5 Å². The minimum atomic E-state index is -0.0707. The molecule has 3 aliphatic rings. The van der Waals surface area contributed by atoms with Gasteiger partial charge >= 0.3 is 0 Å². The Balaban J connectivity index is 1.40. The maximum atomic E-state index is 9.60. The molecule has 20 heavy (non-hydrogen) atoms. The fourth-order valence-electron chi connectivity index (χ4n) is 3.82. The highest BCUT2D eigenvalue weighted by atomic mass is 32.2. The van der Waals surface area contributed by atoms with Gasteiger partial charge in [0.05, 0.1) is 12.2 Å². The van der Waals surface area contributed by atoms with Gasteiger partial charge in [0.1, 0.15) is 5.50 Å². The monoisotopic (exact) mass is 300 g/mol. The molecule has 4 N–H and O–H groups in total. The second kappa shape index (κ2) is 6.97. The van der Waals surface area contributed by atoms with E-state index >= 15 is 0 Å².